The molecule has 1 fully saturated rings. The number of ether oxygens (including phenoxy) is 3. The van der Waals surface area contributed by atoms with Crippen molar-refractivity contribution < 1.29 is 23.4 Å². The number of cyclic esters (lactones) is 1. The van der Waals surface area contributed by atoms with Gasteiger partial charge >= 0.3 is 6.09 Å². The lowest BCUT2D eigenvalue weighted by molar-refractivity contribution is 0.178. The summed E-state index contributed by atoms with van der Waals surface area (Å²) in [5.74, 6) is 1.75. The van der Waals surface area contributed by atoms with Crippen LogP contribution in [0.25, 0.3) is 0 Å². The van der Waals surface area contributed by atoms with Gasteiger partial charge in [0.2, 0.25) is 11.9 Å². The molecule has 4 rings (SSSR count). The van der Waals surface area contributed by atoms with E-state index in [4.69, 9.17) is 14.2 Å². The molecular formula is C24H26FN5O4. The fourth-order valence-electron chi connectivity index (χ4n) is 3.56. The van der Waals surface area contributed by atoms with E-state index in [9.17, 15) is 9.18 Å². The minimum atomic E-state index is -0.500. The highest BCUT2D eigenvalue weighted by atomic mass is 19.1. The maximum absolute atomic E-state index is 14.8. The topological polar surface area (TPSA) is 98.7 Å². The zero-order valence-electron chi connectivity index (χ0n) is 19.4. The van der Waals surface area contributed by atoms with Crippen LogP contribution in [0.1, 0.15) is 37.7 Å². The lowest BCUT2D eigenvalue weighted by Gasteiger charge is -2.20. The molecule has 3 aromatic rings. The first kappa shape index (κ1) is 23.2. The second kappa shape index (κ2) is 9.90. The van der Waals surface area contributed by atoms with Crippen LogP contribution >= 0.6 is 0 Å². The molecule has 34 heavy (non-hydrogen) atoms. The van der Waals surface area contributed by atoms with E-state index in [1.54, 1.807) is 50.4 Å². The Kier molecular flexibility index (Phi) is 6.76. The number of carbonyl (C=O) groups is 1. The highest BCUT2D eigenvalue weighted by Gasteiger charge is 2.35. The Morgan fingerprint density at radius 2 is 1.91 bits per heavy atom. The van der Waals surface area contributed by atoms with Gasteiger partial charge in [0.1, 0.15) is 23.9 Å². The first-order valence-electron chi connectivity index (χ1n) is 10.9. The molecule has 0 aliphatic carbocycles. The smallest absolute Gasteiger partial charge is 0.417 e. The molecule has 0 bridgehead atoms. The van der Waals surface area contributed by atoms with E-state index < -0.39 is 11.9 Å². The number of amides is 1. The molecule has 0 radical (unpaired) electrons. The van der Waals surface area contributed by atoms with Gasteiger partial charge in [-0.15, -0.1) is 0 Å². The molecule has 2 heterocycles. The van der Waals surface area contributed by atoms with Crippen LogP contribution in [0.4, 0.5) is 21.1 Å². The summed E-state index contributed by atoms with van der Waals surface area (Å²) in [4.78, 5) is 26.6. The molecule has 1 saturated heterocycles. The van der Waals surface area contributed by atoms with E-state index in [0.29, 0.717) is 35.9 Å². The van der Waals surface area contributed by atoms with E-state index >= 15 is 0 Å². The zero-order chi connectivity index (χ0) is 24.2. The third kappa shape index (κ3) is 5.00. The van der Waals surface area contributed by atoms with Crippen LogP contribution in [0, 0.1) is 12.7 Å². The molecule has 2 aromatic carbocycles. The van der Waals surface area contributed by atoms with Crippen LogP contribution in [0.5, 0.6) is 17.2 Å². The normalized spacial score (nSPS) is 16.2. The third-order valence-corrected chi connectivity index (χ3v) is 5.47. The molecule has 1 N–H and O–H groups in total. The molecule has 178 valence electrons. The quantitative estimate of drug-likeness (QED) is 0.493. The number of anilines is 2. The van der Waals surface area contributed by atoms with Gasteiger partial charge in [-0.25, -0.2) is 14.1 Å². The Bertz CT molecular complexity index is 1170. The van der Waals surface area contributed by atoms with Crippen molar-refractivity contribution in [2.45, 2.75) is 39.3 Å². The van der Waals surface area contributed by atoms with Crippen LogP contribution in [0.2, 0.25) is 0 Å². The number of nitrogens with zero attached hydrogens (tertiary/aromatic N) is 4. The number of methoxy groups -OCH3 is 1. The van der Waals surface area contributed by atoms with Crippen molar-refractivity contribution in [1.29, 1.82) is 0 Å². The zero-order valence-corrected chi connectivity index (χ0v) is 19.4. The average molecular weight is 468 g/mol. The SMILES string of the molecule is CC[C@H]1COC(=O)N1c1nc(C)nc(N[C@@H](C)c2ccc(Oc3ccc(OC)cc3)c(F)c2)n1. The first-order valence-corrected chi connectivity index (χ1v) is 10.9. The summed E-state index contributed by atoms with van der Waals surface area (Å²) in [6, 6.07) is 11.2. The monoisotopic (exact) mass is 467 g/mol. The lowest BCUT2D eigenvalue weighted by Crippen LogP contribution is -2.34. The minimum absolute atomic E-state index is 0.109. The molecule has 10 heteroatoms. The summed E-state index contributed by atoms with van der Waals surface area (Å²) in [6.07, 6.45) is 0.228. The number of halogens is 1. The lowest BCUT2D eigenvalue weighted by atomic mass is 10.1. The van der Waals surface area contributed by atoms with Gasteiger partial charge in [0, 0.05) is 0 Å². The molecule has 2 atom stereocenters. The highest BCUT2D eigenvalue weighted by molar-refractivity contribution is 5.88. The number of hydrogen-bond acceptors (Lipinski definition) is 8. The van der Waals surface area contributed by atoms with Crippen molar-refractivity contribution in [2.24, 2.45) is 0 Å². The molecule has 0 unspecified atom stereocenters. The van der Waals surface area contributed by atoms with Gasteiger partial charge in [0.05, 0.1) is 19.2 Å². The van der Waals surface area contributed by atoms with Crippen LogP contribution in [0.3, 0.4) is 0 Å². The second-order valence-electron chi connectivity index (χ2n) is 7.85. The van der Waals surface area contributed by atoms with Gasteiger partial charge in [0.25, 0.3) is 0 Å². The maximum atomic E-state index is 14.8. The van der Waals surface area contributed by atoms with E-state index in [2.05, 4.69) is 20.3 Å². The first-order chi connectivity index (χ1) is 16.4. The maximum Gasteiger partial charge on any atom is 0.417 e. The number of benzene rings is 2. The van der Waals surface area contributed by atoms with E-state index in [0.717, 1.165) is 0 Å². The minimum Gasteiger partial charge on any atom is -0.497 e. The molecular weight excluding hydrogens is 441 g/mol. The van der Waals surface area contributed by atoms with E-state index in [1.165, 1.54) is 11.0 Å². The van der Waals surface area contributed by atoms with Gasteiger partial charge in [-0.2, -0.15) is 15.0 Å². The summed E-state index contributed by atoms with van der Waals surface area (Å²) in [6.45, 7) is 5.83. The van der Waals surface area contributed by atoms with Crippen LogP contribution < -0.4 is 19.7 Å². The Hall–Kier alpha value is -3.95. The number of nitrogens with one attached hydrogen (secondary N) is 1. The average Bonchev–Trinajstić information content (AvgIpc) is 3.21. The van der Waals surface area contributed by atoms with Crippen LogP contribution in [0.15, 0.2) is 42.5 Å². The fraction of sp³-hybridized carbons (Fsp3) is 0.333. The van der Waals surface area contributed by atoms with Gasteiger partial charge < -0.3 is 19.5 Å². The van der Waals surface area contributed by atoms with Crippen molar-refractivity contribution in [3.8, 4) is 17.2 Å². The Morgan fingerprint density at radius 3 is 2.59 bits per heavy atom. The molecule has 0 spiro atoms. The van der Waals surface area contributed by atoms with Gasteiger partial charge in [-0.3, -0.25) is 0 Å². The van der Waals surface area contributed by atoms with Crippen molar-refractivity contribution in [3.63, 3.8) is 0 Å². The Morgan fingerprint density at radius 1 is 1.18 bits per heavy atom. The van der Waals surface area contributed by atoms with Crippen molar-refractivity contribution in [3.05, 3.63) is 59.7 Å². The number of carbonyl (C=O) groups excluding carboxylic acids is 1. The van der Waals surface area contributed by atoms with E-state index in [1.807, 2.05) is 13.8 Å². The summed E-state index contributed by atoms with van der Waals surface area (Å²) in [5.41, 5.74) is 0.672. The van der Waals surface area contributed by atoms with Crippen LogP contribution in [-0.4, -0.2) is 40.8 Å². The summed E-state index contributed by atoms with van der Waals surface area (Å²) in [7, 11) is 1.57. The van der Waals surface area contributed by atoms with Gasteiger partial charge in [-0.1, -0.05) is 13.0 Å². The summed E-state index contributed by atoms with van der Waals surface area (Å²) < 4.78 is 30.7. The van der Waals surface area contributed by atoms with Crippen molar-refractivity contribution >= 4 is 18.0 Å². The van der Waals surface area contributed by atoms with Gasteiger partial charge in [0.15, 0.2) is 11.6 Å². The number of rotatable bonds is 8. The molecule has 1 aliphatic heterocycles. The Balaban J connectivity index is 1.49. The third-order valence-electron chi connectivity index (χ3n) is 5.47. The predicted molar refractivity (Wildman–Crippen MR) is 124 cm³/mol. The van der Waals surface area contributed by atoms with Crippen LogP contribution in [-0.2, 0) is 4.74 Å². The molecule has 1 amide bonds. The number of aryl methyl sites for hydroxylation is 1. The van der Waals surface area contributed by atoms with Crippen molar-refractivity contribution in [1.82, 2.24) is 15.0 Å². The van der Waals surface area contributed by atoms with E-state index in [-0.39, 0.29) is 29.7 Å². The number of hydrogen-bond donors (Lipinski definition) is 1. The molecule has 9 nitrogen and oxygen atoms in total. The number of aromatic nitrogens is 3. The van der Waals surface area contributed by atoms with Gasteiger partial charge in [-0.05, 0) is 62.2 Å². The fourth-order valence-corrected chi connectivity index (χ4v) is 3.56. The molecule has 1 aromatic heterocycles. The molecule has 1 aliphatic rings. The summed E-state index contributed by atoms with van der Waals surface area (Å²) >= 11 is 0. The van der Waals surface area contributed by atoms with Crippen molar-refractivity contribution in [2.75, 3.05) is 23.9 Å². The second-order valence-corrected chi connectivity index (χ2v) is 7.85. The summed E-state index contributed by atoms with van der Waals surface area (Å²) in [5, 5.41) is 3.16. The predicted octanol–water partition coefficient (Wildman–Crippen LogP) is 5.03. The molecule has 0 saturated carbocycles. The standard InChI is InChI=1S/C24H26FN5O4/c1-5-17-13-33-24(31)30(17)23-28-15(3)27-22(29-23)26-14(2)16-6-11-21(20(25)12-16)34-19-9-7-18(32-4)8-10-19/h6-12,14,17H,5,13H2,1-4H3,(H,26,27,28,29)/t14-,17-/m0/s1. The Labute approximate surface area is 196 Å². The largest absolute Gasteiger partial charge is 0.497 e. The highest BCUT2D eigenvalue weighted by Crippen LogP contribution is 2.29.